The molecule has 0 aliphatic rings. The lowest BCUT2D eigenvalue weighted by Gasteiger charge is -2.14. The summed E-state index contributed by atoms with van der Waals surface area (Å²) in [7, 11) is -3.60. The molecule has 3 aromatic rings. The molecule has 1 unspecified atom stereocenters. The molecular formula is C18H17N3O3S2. The lowest BCUT2D eigenvalue weighted by Crippen LogP contribution is -2.26. The van der Waals surface area contributed by atoms with E-state index < -0.39 is 10.0 Å². The van der Waals surface area contributed by atoms with Gasteiger partial charge in [0.25, 0.3) is 15.9 Å². The Balaban J connectivity index is 1.66. The highest BCUT2D eigenvalue weighted by atomic mass is 32.2. The van der Waals surface area contributed by atoms with Crippen LogP contribution in [0.5, 0.6) is 0 Å². The van der Waals surface area contributed by atoms with Crippen LogP contribution in [0.3, 0.4) is 0 Å². The number of carbonyl (C=O) groups excluding carboxylic acids is 1. The minimum atomic E-state index is -3.60. The number of hydrogen-bond acceptors (Lipinski definition) is 5. The molecule has 1 aromatic carbocycles. The van der Waals surface area contributed by atoms with Crippen molar-refractivity contribution >= 4 is 33.0 Å². The van der Waals surface area contributed by atoms with E-state index in [0.717, 1.165) is 16.9 Å². The Morgan fingerprint density at radius 3 is 2.38 bits per heavy atom. The van der Waals surface area contributed by atoms with E-state index in [9.17, 15) is 13.2 Å². The highest BCUT2D eigenvalue weighted by Crippen LogP contribution is 2.20. The van der Waals surface area contributed by atoms with Gasteiger partial charge in [0.05, 0.1) is 6.04 Å². The maximum atomic E-state index is 12.3. The second-order valence-electron chi connectivity index (χ2n) is 5.59. The average Bonchev–Trinajstić information content (AvgIpc) is 3.18. The number of pyridine rings is 1. The zero-order valence-electron chi connectivity index (χ0n) is 13.9. The van der Waals surface area contributed by atoms with E-state index in [4.69, 9.17) is 0 Å². The molecule has 8 heteroatoms. The van der Waals surface area contributed by atoms with Crippen molar-refractivity contribution in [3.05, 3.63) is 77.4 Å². The molecule has 1 atom stereocenters. The van der Waals surface area contributed by atoms with Gasteiger partial charge in [-0.1, -0.05) is 6.07 Å². The standard InChI is InChI=1S/C18H17N3O3S2/c1-13(14-8-10-19-11-9-14)20-18(22)15-4-6-16(7-5-15)21-26(23,24)17-3-2-12-25-17/h2-13,21H,1H3,(H,20,22). The third kappa shape index (κ3) is 4.27. The molecule has 0 spiro atoms. The van der Waals surface area contributed by atoms with Gasteiger partial charge in [-0.05, 0) is 60.3 Å². The summed E-state index contributed by atoms with van der Waals surface area (Å²) < 4.78 is 27.1. The molecule has 2 N–H and O–H groups in total. The molecule has 2 aromatic heterocycles. The predicted molar refractivity (Wildman–Crippen MR) is 102 cm³/mol. The zero-order valence-corrected chi connectivity index (χ0v) is 15.5. The van der Waals surface area contributed by atoms with Gasteiger partial charge in [-0.25, -0.2) is 8.42 Å². The first-order valence-corrected chi connectivity index (χ1v) is 10.2. The van der Waals surface area contributed by atoms with Crippen LogP contribution in [0.1, 0.15) is 28.9 Å². The highest BCUT2D eigenvalue weighted by Gasteiger charge is 2.16. The summed E-state index contributed by atoms with van der Waals surface area (Å²) >= 11 is 1.14. The van der Waals surface area contributed by atoms with Gasteiger partial charge in [-0.2, -0.15) is 0 Å². The fourth-order valence-electron chi connectivity index (χ4n) is 2.33. The van der Waals surface area contributed by atoms with Gasteiger partial charge in [-0.15, -0.1) is 11.3 Å². The largest absolute Gasteiger partial charge is 0.346 e. The number of anilines is 1. The SMILES string of the molecule is CC(NC(=O)c1ccc(NS(=O)(=O)c2cccs2)cc1)c1ccncc1. The van der Waals surface area contributed by atoms with Gasteiger partial charge in [0.2, 0.25) is 0 Å². The predicted octanol–water partition coefficient (Wildman–Crippen LogP) is 3.43. The normalized spacial score (nSPS) is 12.3. The van der Waals surface area contributed by atoms with Crippen molar-refractivity contribution in [2.45, 2.75) is 17.2 Å². The number of nitrogens with zero attached hydrogens (tertiary/aromatic N) is 1. The first-order chi connectivity index (χ1) is 12.5. The van der Waals surface area contributed by atoms with E-state index in [2.05, 4.69) is 15.0 Å². The maximum Gasteiger partial charge on any atom is 0.271 e. The summed E-state index contributed by atoms with van der Waals surface area (Å²) in [6.07, 6.45) is 3.35. The first kappa shape index (κ1) is 18.1. The number of aromatic nitrogens is 1. The number of hydrogen-bond donors (Lipinski definition) is 2. The second kappa shape index (κ2) is 7.67. The van der Waals surface area contributed by atoms with Crippen LogP contribution in [0.25, 0.3) is 0 Å². The molecule has 134 valence electrons. The van der Waals surface area contributed by atoms with Crippen molar-refractivity contribution in [3.63, 3.8) is 0 Å². The minimum absolute atomic E-state index is 0.164. The summed E-state index contributed by atoms with van der Waals surface area (Å²) in [4.78, 5) is 16.3. The molecule has 0 fully saturated rings. The monoisotopic (exact) mass is 387 g/mol. The Hall–Kier alpha value is -2.71. The molecular weight excluding hydrogens is 370 g/mol. The fraction of sp³-hybridized carbons (Fsp3) is 0.111. The lowest BCUT2D eigenvalue weighted by molar-refractivity contribution is 0.0940. The fourth-order valence-corrected chi connectivity index (χ4v) is 4.38. The van der Waals surface area contributed by atoms with Crippen molar-refractivity contribution in [3.8, 4) is 0 Å². The van der Waals surface area contributed by atoms with E-state index in [1.54, 1.807) is 48.1 Å². The Morgan fingerprint density at radius 2 is 1.77 bits per heavy atom. The number of sulfonamides is 1. The van der Waals surface area contributed by atoms with Gasteiger partial charge in [0.15, 0.2) is 0 Å². The van der Waals surface area contributed by atoms with Crippen LogP contribution in [0.2, 0.25) is 0 Å². The minimum Gasteiger partial charge on any atom is -0.346 e. The van der Waals surface area contributed by atoms with Gasteiger partial charge < -0.3 is 5.32 Å². The Bertz CT molecular complexity index is 970. The summed E-state index contributed by atoms with van der Waals surface area (Å²) in [6, 6.07) is 13.0. The van der Waals surface area contributed by atoms with Crippen LogP contribution in [0.4, 0.5) is 5.69 Å². The van der Waals surface area contributed by atoms with Crippen LogP contribution in [0, 0.1) is 0 Å². The molecule has 0 bridgehead atoms. The summed E-state index contributed by atoms with van der Waals surface area (Å²) in [6.45, 7) is 1.89. The topological polar surface area (TPSA) is 88.2 Å². The number of amides is 1. The van der Waals surface area contributed by atoms with E-state index in [-0.39, 0.29) is 16.2 Å². The molecule has 0 saturated heterocycles. The van der Waals surface area contributed by atoms with E-state index in [1.807, 2.05) is 19.1 Å². The smallest absolute Gasteiger partial charge is 0.271 e. The molecule has 6 nitrogen and oxygen atoms in total. The molecule has 0 aliphatic heterocycles. The van der Waals surface area contributed by atoms with Crippen LogP contribution in [-0.4, -0.2) is 19.3 Å². The third-order valence-corrected chi connectivity index (χ3v) is 6.49. The van der Waals surface area contributed by atoms with Crippen molar-refractivity contribution < 1.29 is 13.2 Å². The molecule has 2 heterocycles. The highest BCUT2D eigenvalue weighted by molar-refractivity contribution is 7.94. The van der Waals surface area contributed by atoms with Crippen LogP contribution in [-0.2, 0) is 10.0 Å². The summed E-state index contributed by atoms with van der Waals surface area (Å²) in [5.41, 5.74) is 1.80. The van der Waals surface area contributed by atoms with E-state index in [0.29, 0.717) is 11.3 Å². The lowest BCUT2D eigenvalue weighted by atomic mass is 10.1. The summed E-state index contributed by atoms with van der Waals surface area (Å²) in [5, 5.41) is 4.60. The maximum absolute atomic E-state index is 12.3. The Kier molecular flexibility index (Phi) is 5.34. The Morgan fingerprint density at radius 1 is 1.08 bits per heavy atom. The van der Waals surface area contributed by atoms with Crippen molar-refractivity contribution in [2.75, 3.05) is 4.72 Å². The van der Waals surface area contributed by atoms with Crippen LogP contribution < -0.4 is 10.0 Å². The van der Waals surface area contributed by atoms with Gasteiger partial charge in [-0.3, -0.25) is 14.5 Å². The van der Waals surface area contributed by atoms with Gasteiger partial charge >= 0.3 is 0 Å². The molecule has 3 rings (SSSR count). The number of rotatable bonds is 6. The number of nitrogens with one attached hydrogen (secondary N) is 2. The Labute approximate surface area is 156 Å². The molecule has 26 heavy (non-hydrogen) atoms. The zero-order chi connectivity index (χ0) is 18.6. The average molecular weight is 387 g/mol. The van der Waals surface area contributed by atoms with Gasteiger partial charge in [0.1, 0.15) is 4.21 Å². The van der Waals surface area contributed by atoms with Crippen LogP contribution >= 0.6 is 11.3 Å². The first-order valence-electron chi connectivity index (χ1n) is 7.83. The molecule has 0 aliphatic carbocycles. The van der Waals surface area contributed by atoms with Crippen LogP contribution in [0.15, 0.2) is 70.5 Å². The summed E-state index contributed by atoms with van der Waals surface area (Å²) in [5.74, 6) is -0.234. The van der Waals surface area contributed by atoms with Crippen molar-refractivity contribution in [2.24, 2.45) is 0 Å². The second-order valence-corrected chi connectivity index (χ2v) is 8.45. The quantitative estimate of drug-likeness (QED) is 0.678. The van der Waals surface area contributed by atoms with E-state index >= 15 is 0 Å². The molecule has 1 amide bonds. The van der Waals surface area contributed by atoms with Crippen molar-refractivity contribution in [1.29, 1.82) is 0 Å². The van der Waals surface area contributed by atoms with Gasteiger partial charge in [0, 0.05) is 23.6 Å². The van der Waals surface area contributed by atoms with E-state index in [1.165, 1.54) is 6.07 Å². The molecule has 0 radical (unpaired) electrons. The third-order valence-electron chi connectivity index (χ3n) is 3.71. The number of carbonyl (C=O) groups is 1. The molecule has 0 saturated carbocycles. The number of thiophene rings is 1. The number of benzene rings is 1. The van der Waals surface area contributed by atoms with Crippen molar-refractivity contribution in [1.82, 2.24) is 10.3 Å².